The molecular weight excluding hydrogens is 212 g/mol. The van der Waals surface area contributed by atoms with E-state index in [0.717, 1.165) is 11.6 Å². The number of nitrogens with zero attached hydrogens (tertiary/aromatic N) is 2. The number of aliphatic hydroxyl groups excluding tert-OH is 1. The average Bonchev–Trinajstić information content (AvgIpc) is 2.28. The Morgan fingerprint density at radius 1 is 1.47 bits per heavy atom. The summed E-state index contributed by atoms with van der Waals surface area (Å²) in [6.07, 6.45) is 1.92. The molecule has 1 rings (SSSR count). The highest BCUT2D eigenvalue weighted by atomic mass is 32.2. The minimum absolute atomic E-state index is 0.0145. The van der Waals surface area contributed by atoms with Crippen molar-refractivity contribution in [2.45, 2.75) is 18.1 Å². The third-order valence-corrected chi connectivity index (χ3v) is 2.36. The molecule has 1 atom stereocenters. The van der Waals surface area contributed by atoms with Gasteiger partial charge in [-0.15, -0.1) is 0 Å². The Bertz CT molecular complexity index is 299. The lowest BCUT2D eigenvalue weighted by Gasteiger charge is -2.12. The second kappa shape index (κ2) is 5.77. The summed E-state index contributed by atoms with van der Waals surface area (Å²) in [5.74, 6) is 1.49. The molecule has 84 valence electrons. The lowest BCUT2D eigenvalue weighted by atomic mass is 10.3. The van der Waals surface area contributed by atoms with Crippen molar-refractivity contribution in [3.05, 3.63) is 6.07 Å². The normalized spacial score (nSPS) is 12.3. The van der Waals surface area contributed by atoms with E-state index in [1.54, 1.807) is 0 Å². The Labute approximate surface area is 93.7 Å². The van der Waals surface area contributed by atoms with Crippen LogP contribution in [0.5, 0.6) is 0 Å². The third-order valence-electron chi connectivity index (χ3n) is 1.81. The SMILES string of the molecule is CNc1cc(NC(C)CO)nc(SC)n1. The van der Waals surface area contributed by atoms with Gasteiger partial charge >= 0.3 is 0 Å². The molecule has 5 nitrogen and oxygen atoms in total. The second-order valence-electron chi connectivity index (χ2n) is 3.10. The molecule has 0 saturated carbocycles. The highest BCUT2D eigenvalue weighted by Gasteiger charge is 2.05. The lowest BCUT2D eigenvalue weighted by Crippen LogP contribution is -2.20. The predicted octanol–water partition coefficient (Wildman–Crippen LogP) is 1.03. The van der Waals surface area contributed by atoms with Gasteiger partial charge in [-0.3, -0.25) is 0 Å². The van der Waals surface area contributed by atoms with E-state index in [4.69, 9.17) is 5.11 Å². The zero-order valence-corrected chi connectivity index (χ0v) is 9.93. The minimum atomic E-state index is -0.0145. The molecule has 1 aromatic rings. The Kier molecular flexibility index (Phi) is 4.64. The molecule has 3 N–H and O–H groups in total. The first-order chi connectivity index (χ1) is 7.19. The number of rotatable bonds is 5. The summed E-state index contributed by atoms with van der Waals surface area (Å²) in [6, 6.07) is 1.80. The molecule has 15 heavy (non-hydrogen) atoms. The van der Waals surface area contributed by atoms with Gasteiger partial charge in [0.1, 0.15) is 11.6 Å². The lowest BCUT2D eigenvalue weighted by molar-refractivity contribution is 0.281. The van der Waals surface area contributed by atoms with Crippen molar-refractivity contribution in [3.63, 3.8) is 0 Å². The Balaban J connectivity index is 2.86. The molecule has 1 heterocycles. The molecular formula is C9H16N4OS. The molecule has 0 bridgehead atoms. The van der Waals surface area contributed by atoms with Crippen LogP contribution in [-0.2, 0) is 0 Å². The largest absolute Gasteiger partial charge is 0.394 e. The second-order valence-corrected chi connectivity index (χ2v) is 3.88. The maximum Gasteiger partial charge on any atom is 0.191 e. The number of aliphatic hydroxyl groups is 1. The van der Waals surface area contributed by atoms with Crippen LogP contribution in [0.3, 0.4) is 0 Å². The van der Waals surface area contributed by atoms with Crippen LogP contribution in [0.15, 0.2) is 11.2 Å². The van der Waals surface area contributed by atoms with Gasteiger partial charge in [0, 0.05) is 19.2 Å². The van der Waals surface area contributed by atoms with Gasteiger partial charge in [-0.2, -0.15) is 0 Å². The van der Waals surface area contributed by atoms with Gasteiger partial charge in [0.2, 0.25) is 0 Å². The molecule has 0 saturated heterocycles. The van der Waals surface area contributed by atoms with Crippen LogP contribution < -0.4 is 10.6 Å². The molecule has 0 spiro atoms. The van der Waals surface area contributed by atoms with Crippen LogP contribution in [0, 0.1) is 0 Å². The van der Waals surface area contributed by atoms with Crippen LogP contribution in [-0.4, -0.2) is 41.0 Å². The van der Waals surface area contributed by atoms with Gasteiger partial charge in [0.25, 0.3) is 0 Å². The minimum Gasteiger partial charge on any atom is -0.394 e. The smallest absolute Gasteiger partial charge is 0.191 e. The highest BCUT2D eigenvalue weighted by Crippen LogP contribution is 2.17. The van der Waals surface area contributed by atoms with Gasteiger partial charge in [-0.1, -0.05) is 11.8 Å². The number of aromatic nitrogens is 2. The maximum absolute atomic E-state index is 8.92. The molecule has 0 aliphatic heterocycles. The van der Waals surface area contributed by atoms with Crippen LogP contribution in [0.25, 0.3) is 0 Å². The zero-order chi connectivity index (χ0) is 11.3. The van der Waals surface area contributed by atoms with Gasteiger partial charge in [0.05, 0.1) is 6.61 Å². The zero-order valence-electron chi connectivity index (χ0n) is 9.11. The van der Waals surface area contributed by atoms with Crippen molar-refractivity contribution in [2.75, 3.05) is 30.5 Å². The number of hydrogen-bond acceptors (Lipinski definition) is 6. The van der Waals surface area contributed by atoms with Crippen LogP contribution >= 0.6 is 11.8 Å². The first-order valence-corrected chi connectivity index (χ1v) is 5.90. The standard InChI is InChI=1S/C9H16N4OS/c1-6(5-14)11-8-4-7(10-2)12-9(13-8)15-3/h4,6,14H,5H2,1-3H3,(H2,10,11,12,13). The molecule has 0 aliphatic carbocycles. The maximum atomic E-state index is 8.92. The van der Waals surface area contributed by atoms with Crippen LogP contribution in [0.4, 0.5) is 11.6 Å². The van der Waals surface area contributed by atoms with Crippen molar-refractivity contribution < 1.29 is 5.11 Å². The van der Waals surface area contributed by atoms with E-state index >= 15 is 0 Å². The van der Waals surface area contributed by atoms with E-state index in [1.165, 1.54) is 11.8 Å². The number of nitrogens with one attached hydrogen (secondary N) is 2. The van der Waals surface area contributed by atoms with Crippen LogP contribution in [0.2, 0.25) is 0 Å². The van der Waals surface area contributed by atoms with E-state index in [0.29, 0.717) is 5.16 Å². The Morgan fingerprint density at radius 2 is 2.13 bits per heavy atom. The van der Waals surface area contributed by atoms with Gasteiger partial charge < -0.3 is 15.7 Å². The summed E-state index contributed by atoms with van der Waals surface area (Å²) >= 11 is 1.48. The molecule has 1 unspecified atom stereocenters. The monoisotopic (exact) mass is 228 g/mol. The summed E-state index contributed by atoms with van der Waals surface area (Å²) in [6.45, 7) is 1.97. The summed E-state index contributed by atoms with van der Waals surface area (Å²) < 4.78 is 0. The van der Waals surface area contributed by atoms with Gasteiger partial charge in [0.15, 0.2) is 5.16 Å². The van der Waals surface area contributed by atoms with Crippen molar-refractivity contribution >= 4 is 23.4 Å². The molecule has 0 aromatic carbocycles. The van der Waals surface area contributed by atoms with Crippen molar-refractivity contribution in [2.24, 2.45) is 0 Å². The fourth-order valence-electron chi connectivity index (χ4n) is 1.02. The van der Waals surface area contributed by atoms with E-state index in [-0.39, 0.29) is 12.6 Å². The number of thioether (sulfide) groups is 1. The molecule has 6 heteroatoms. The van der Waals surface area contributed by atoms with Crippen molar-refractivity contribution in [3.8, 4) is 0 Å². The first kappa shape index (κ1) is 12.1. The molecule has 0 aliphatic rings. The fourth-order valence-corrected chi connectivity index (χ4v) is 1.40. The van der Waals surface area contributed by atoms with Crippen molar-refractivity contribution in [1.82, 2.24) is 9.97 Å². The molecule has 0 radical (unpaired) electrons. The summed E-state index contributed by atoms with van der Waals surface area (Å²) in [4.78, 5) is 8.52. The average molecular weight is 228 g/mol. The van der Waals surface area contributed by atoms with E-state index < -0.39 is 0 Å². The number of hydrogen-bond donors (Lipinski definition) is 3. The highest BCUT2D eigenvalue weighted by molar-refractivity contribution is 7.98. The van der Waals surface area contributed by atoms with Crippen LogP contribution in [0.1, 0.15) is 6.92 Å². The summed E-state index contributed by atoms with van der Waals surface area (Å²) in [5.41, 5.74) is 0. The number of anilines is 2. The summed E-state index contributed by atoms with van der Waals surface area (Å²) in [5, 5.41) is 15.7. The first-order valence-electron chi connectivity index (χ1n) is 4.67. The third kappa shape index (κ3) is 3.56. The van der Waals surface area contributed by atoms with E-state index in [1.807, 2.05) is 26.3 Å². The van der Waals surface area contributed by atoms with Crippen molar-refractivity contribution in [1.29, 1.82) is 0 Å². The molecule has 0 amide bonds. The topological polar surface area (TPSA) is 70.1 Å². The molecule has 0 fully saturated rings. The predicted molar refractivity (Wildman–Crippen MR) is 63.5 cm³/mol. The summed E-state index contributed by atoms with van der Waals surface area (Å²) in [7, 11) is 1.81. The Hall–Kier alpha value is -1.01. The quantitative estimate of drug-likeness (QED) is 0.516. The van der Waals surface area contributed by atoms with E-state index in [2.05, 4.69) is 20.6 Å². The Morgan fingerprint density at radius 3 is 2.67 bits per heavy atom. The van der Waals surface area contributed by atoms with E-state index in [9.17, 15) is 0 Å². The van der Waals surface area contributed by atoms with Gasteiger partial charge in [-0.05, 0) is 13.2 Å². The van der Waals surface area contributed by atoms with Gasteiger partial charge in [-0.25, -0.2) is 9.97 Å². The fraction of sp³-hybridized carbons (Fsp3) is 0.556. The molecule has 1 aromatic heterocycles.